The van der Waals surface area contributed by atoms with Crippen LogP contribution in [0.3, 0.4) is 0 Å². The number of benzene rings is 2. The van der Waals surface area contributed by atoms with Crippen LogP contribution in [0.2, 0.25) is 0 Å². The molecule has 2 aromatic carbocycles. The van der Waals surface area contributed by atoms with Crippen LogP contribution in [0.15, 0.2) is 48.5 Å². The molecule has 1 aliphatic rings. The summed E-state index contributed by atoms with van der Waals surface area (Å²) in [6, 6.07) is 15.5. The molecule has 3 nitrogen and oxygen atoms in total. The Bertz CT molecular complexity index is 622. The zero-order valence-electron chi connectivity index (χ0n) is 13.5. The number of hydrogen-bond donors (Lipinski definition) is 1. The van der Waals surface area contributed by atoms with Crippen LogP contribution in [0, 0.1) is 5.82 Å². The van der Waals surface area contributed by atoms with Crippen molar-refractivity contribution in [3.05, 3.63) is 59.9 Å². The van der Waals surface area contributed by atoms with Crippen LogP contribution in [-0.2, 0) is 6.54 Å². The fourth-order valence-corrected chi connectivity index (χ4v) is 3.02. The molecular weight excluding hydrogens is 291 g/mol. The van der Waals surface area contributed by atoms with Gasteiger partial charge in [0, 0.05) is 25.7 Å². The lowest BCUT2D eigenvalue weighted by atomic mass is 10.0. The van der Waals surface area contributed by atoms with E-state index in [1.807, 2.05) is 18.2 Å². The third-order valence-electron chi connectivity index (χ3n) is 4.39. The lowest BCUT2D eigenvalue weighted by Gasteiger charge is -2.33. The quantitative estimate of drug-likeness (QED) is 0.905. The normalized spacial score (nSPS) is 16.3. The molecule has 1 saturated heterocycles. The number of rotatable bonds is 5. The van der Waals surface area contributed by atoms with Gasteiger partial charge in [0.05, 0.1) is 12.8 Å². The van der Waals surface area contributed by atoms with Gasteiger partial charge in [-0.05, 0) is 42.7 Å². The number of halogens is 1. The number of likely N-dealkylation sites (tertiary alicyclic amines) is 1. The molecule has 0 atom stereocenters. The van der Waals surface area contributed by atoms with Gasteiger partial charge < -0.3 is 10.1 Å². The Hall–Kier alpha value is -2.07. The second-order valence-corrected chi connectivity index (χ2v) is 6.02. The minimum absolute atomic E-state index is 0.173. The molecule has 1 N–H and O–H groups in total. The van der Waals surface area contributed by atoms with E-state index in [-0.39, 0.29) is 5.82 Å². The highest BCUT2D eigenvalue weighted by Gasteiger charge is 2.19. The molecule has 0 aliphatic carbocycles. The molecule has 0 radical (unpaired) electrons. The first-order valence-electron chi connectivity index (χ1n) is 8.11. The largest absolute Gasteiger partial charge is 0.497 e. The summed E-state index contributed by atoms with van der Waals surface area (Å²) in [6.45, 7) is 3.01. The van der Waals surface area contributed by atoms with Gasteiger partial charge in [0.2, 0.25) is 0 Å². The number of piperidine rings is 1. The van der Waals surface area contributed by atoms with Crippen molar-refractivity contribution in [2.24, 2.45) is 0 Å². The molecule has 1 heterocycles. The molecule has 23 heavy (non-hydrogen) atoms. The molecule has 0 unspecified atom stereocenters. The van der Waals surface area contributed by atoms with E-state index < -0.39 is 0 Å². The van der Waals surface area contributed by atoms with Gasteiger partial charge in [-0.15, -0.1) is 0 Å². The van der Waals surface area contributed by atoms with Gasteiger partial charge in [-0.25, -0.2) is 4.39 Å². The lowest BCUT2D eigenvalue weighted by molar-refractivity contribution is 0.211. The van der Waals surface area contributed by atoms with E-state index in [9.17, 15) is 4.39 Å². The molecular formula is C19H23FN2O. The summed E-state index contributed by atoms with van der Waals surface area (Å²) in [7, 11) is 1.68. The van der Waals surface area contributed by atoms with Crippen molar-refractivity contribution < 1.29 is 9.13 Å². The average molecular weight is 314 g/mol. The van der Waals surface area contributed by atoms with E-state index in [2.05, 4.69) is 22.3 Å². The van der Waals surface area contributed by atoms with Gasteiger partial charge in [-0.2, -0.15) is 0 Å². The summed E-state index contributed by atoms with van der Waals surface area (Å²) in [5, 5.41) is 3.33. The maximum Gasteiger partial charge on any atom is 0.146 e. The second kappa shape index (κ2) is 7.47. The molecule has 122 valence electrons. The number of anilines is 1. The van der Waals surface area contributed by atoms with E-state index in [1.54, 1.807) is 19.2 Å². The van der Waals surface area contributed by atoms with Gasteiger partial charge in [0.25, 0.3) is 0 Å². The zero-order chi connectivity index (χ0) is 16.1. The first-order chi connectivity index (χ1) is 11.2. The highest BCUT2D eigenvalue weighted by atomic mass is 19.1. The van der Waals surface area contributed by atoms with Crippen molar-refractivity contribution in [1.82, 2.24) is 4.90 Å². The highest BCUT2D eigenvalue weighted by Crippen LogP contribution is 2.20. The fourth-order valence-electron chi connectivity index (χ4n) is 3.02. The summed E-state index contributed by atoms with van der Waals surface area (Å²) in [5.74, 6) is 0.717. The molecule has 0 spiro atoms. The minimum atomic E-state index is -0.173. The summed E-state index contributed by atoms with van der Waals surface area (Å²) in [6.07, 6.45) is 2.06. The first kappa shape index (κ1) is 15.8. The summed E-state index contributed by atoms with van der Waals surface area (Å²) >= 11 is 0. The van der Waals surface area contributed by atoms with Gasteiger partial charge in [0.15, 0.2) is 0 Å². The summed E-state index contributed by atoms with van der Waals surface area (Å²) in [5.41, 5.74) is 1.91. The van der Waals surface area contributed by atoms with E-state index in [1.165, 1.54) is 11.6 Å². The average Bonchev–Trinajstić information content (AvgIpc) is 2.59. The van der Waals surface area contributed by atoms with Crippen LogP contribution in [0.25, 0.3) is 0 Å². The lowest BCUT2D eigenvalue weighted by Crippen LogP contribution is -2.38. The molecule has 0 bridgehead atoms. The van der Waals surface area contributed by atoms with Crippen molar-refractivity contribution in [3.63, 3.8) is 0 Å². The Morgan fingerprint density at radius 2 is 1.78 bits per heavy atom. The van der Waals surface area contributed by atoms with Crippen LogP contribution in [-0.4, -0.2) is 31.1 Å². The Labute approximate surface area is 137 Å². The van der Waals surface area contributed by atoms with Gasteiger partial charge in [0.1, 0.15) is 11.6 Å². The topological polar surface area (TPSA) is 24.5 Å². The number of ether oxygens (including phenoxy) is 1. The molecule has 4 heteroatoms. The van der Waals surface area contributed by atoms with Crippen molar-refractivity contribution in [2.45, 2.75) is 25.4 Å². The number of para-hydroxylation sites is 1. The minimum Gasteiger partial charge on any atom is -0.497 e. The fraction of sp³-hybridized carbons (Fsp3) is 0.368. The van der Waals surface area contributed by atoms with E-state index >= 15 is 0 Å². The second-order valence-electron chi connectivity index (χ2n) is 6.02. The SMILES string of the molecule is COc1ccc(CN2CCC(Nc3ccccc3F)CC2)cc1. The molecule has 2 aromatic rings. The van der Waals surface area contributed by atoms with Crippen LogP contribution in [0.1, 0.15) is 18.4 Å². The van der Waals surface area contributed by atoms with Crippen molar-refractivity contribution in [3.8, 4) is 5.75 Å². The molecule has 3 rings (SSSR count). The van der Waals surface area contributed by atoms with Gasteiger partial charge in [-0.1, -0.05) is 24.3 Å². The number of nitrogens with zero attached hydrogens (tertiary/aromatic N) is 1. The highest BCUT2D eigenvalue weighted by molar-refractivity contribution is 5.45. The molecule has 0 saturated carbocycles. The molecule has 0 amide bonds. The van der Waals surface area contributed by atoms with Crippen LogP contribution in [0.4, 0.5) is 10.1 Å². The van der Waals surface area contributed by atoms with Crippen LogP contribution >= 0.6 is 0 Å². The monoisotopic (exact) mass is 314 g/mol. The smallest absolute Gasteiger partial charge is 0.146 e. The van der Waals surface area contributed by atoms with E-state index in [0.29, 0.717) is 11.7 Å². The van der Waals surface area contributed by atoms with Crippen LogP contribution < -0.4 is 10.1 Å². The third-order valence-corrected chi connectivity index (χ3v) is 4.39. The predicted molar refractivity (Wildman–Crippen MR) is 91.3 cm³/mol. The molecule has 1 fully saturated rings. The van der Waals surface area contributed by atoms with E-state index in [4.69, 9.17) is 4.74 Å². The van der Waals surface area contributed by atoms with Crippen molar-refractivity contribution in [1.29, 1.82) is 0 Å². The standard InChI is InChI=1S/C19H23FN2O/c1-23-17-8-6-15(7-9-17)14-22-12-10-16(11-13-22)21-19-5-3-2-4-18(19)20/h2-9,16,21H,10-14H2,1H3. The molecule has 1 aliphatic heterocycles. The predicted octanol–water partition coefficient (Wildman–Crippen LogP) is 3.91. The first-order valence-corrected chi connectivity index (χ1v) is 8.11. The van der Waals surface area contributed by atoms with Crippen molar-refractivity contribution >= 4 is 5.69 Å². The Morgan fingerprint density at radius 3 is 2.43 bits per heavy atom. The van der Waals surface area contributed by atoms with Gasteiger partial charge in [-0.3, -0.25) is 4.90 Å². The Kier molecular flexibility index (Phi) is 5.13. The summed E-state index contributed by atoms with van der Waals surface area (Å²) in [4.78, 5) is 2.45. The van der Waals surface area contributed by atoms with Crippen LogP contribution in [0.5, 0.6) is 5.75 Å². The summed E-state index contributed by atoms with van der Waals surface area (Å²) < 4.78 is 18.9. The Morgan fingerprint density at radius 1 is 1.09 bits per heavy atom. The van der Waals surface area contributed by atoms with Gasteiger partial charge >= 0.3 is 0 Å². The zero-order valence-corrected chi connectivity index (χ0v) is 13.5. The number of nitrogens with one attached hydrogen (secondary N) is 1. The number of hydrogen-bond acceptors (Lipinski definition) is 3. The molecule has 0 aromatic heterocycles. The maximum atomic E-state index is 13.7. The Balaban J connectivity index is 1.49. The maximum absolute atomic E-state index is 13.7. The van der Waals surface area contributed by atoms with E-state index in [0.717, 1.165) is 38.2 Å². The number of methoxy groups -OCH3 is 1. The van der Waals surface area contributed by atoms with Crippen molar-refractivity contribution in [2.75, 3.05) is 25.5 Å². The third kappa shape index (κ3) is 4.23.